The lowest BCUT2D eigenvalue weighted by Crippen LogP contribution is -2.38. The number of amides is 2. The van der Waals surface area contributed by atoms with E-state index in [1.807, 2.05) is 17.5 Å². The van der Waals surface area contributed by atoms with Crippen LogP contribution in [0.15, 0.2) is 35.8 Å². The van der Waals surface area contributed by atoms with E-state index in [0.717, 1.165) is 10.6 Å². The van der Waals surface area contributed by atoms with Crippen molar-refractivity contribution in [3.8, 4) is 10.6 Å². The number of nitrogens with zero attached hydrogens (tertiary/aromatic N) is 1. The number of hydrogen-bond donors (Lipinski definition) is 3. The SMILES string of the molecule is NC(=O)CC(N)C(=O)Nc1ccc(-c2nccs2)cc1. The van der Waals surface area contributed by atoms with Gasteiger partial charge in [-0.2, -0.15) is 0 Å². The van der Waals surface area contributed by atoms with Crippen LogP contribution in [0.1, 0.15) is 6.42 Å². The van der Waals surface area contributed by atoms with Gasteiger partial charge in [-0.15, -0.1) is 11.3 Å². The largest absolute Gasteiger partial charge is 0.370 e. The number of thiazole rings is 1. The summed E-state index contributed by atoms with van der Waals surface area (Å²) in [6, 6.07) is 6.28. The van der Waals surface area contributed by atoms with Crippen LogP contribution in [0.25, 0.3) is 10.6 Å². The quantitative estimate of drug-likeness (QED) is 0.761. The first-order chi connectivity index (χ1) is 9.56. The highest BCUT2D eigenvalue weighted by molar-refractivity contribution is 7.13. The van der Waals surface area contributed by atoms with Crippen LogP contribution in [0.2, 0.25) is 0 Å². The van der Waals surface area contributed by atoms with Gasteiger partial charge in [-0.1, -0.05) is 0 Å². The molecule has 1 unspecified atom stereocenters. The van der Waals surface area contributed by atoms with Crippen LogP contribution in [0.3, 0.4) is 0 Å². The molecule has 2 rings (SSSR count). The molecule has 1 aromatic carbocycles. The van der Waals surface area contributed by atoms with E-state index in [0.29, 0.717) is 5.69 Å². The highest BCUT2D eigenvalue weighted by atomic mass is 32.1. The Hall–Kier alpha value is -2.25. The predicted molar refractivity (Wildman–Crippen MR) is 78.0 cm³/mol. The Labute approximate surface area is 119 Å². The zero-order chi connectivity index (χ0) is 14.5. The van der Waals surface area contributed by atoms with Crippen molar-refractivity contribution in [3.05, 3.63) is 35.8 Å². The lowest BCUT2D eigenvalue weighted by molar-refractivity contribution is -0.123. The Kier molecular flexibility index (Phi) is 4.44. The average molecular weight is 290 g/mol. The Morgan fingerprint density at radius 1 is 1.30 bits per heavy atom. The molecule has 0 bridgehead atoms. The third-order valence-electron chi connectivity index (χ3n) is 2.59. The summed E-state index contributed by atoms with van der Waals surface area (Å²) in [5, 5.41) is 5.44. The fraction of sp³-hybridized carbons (Fsp3) is 0.154. The number of aromatic nitrogens is 1. The van der Waals surface area contributed by atoms with Crippen molar-refractivity contribution in [2.75, 3.05) is 5.32 Å². The fourth-order valence-electron chi connectivity index (χ4n) is 1.61. The molecule has 1 heterocycles. The van der Waals surface area contributed by atoms with Crippen molar-refractivity contribution >= 4 is 28.8 Å². The maximum absolute atomic E-state index is 11.7. The summed E-state index contributed by atoms with van der Waals surface area (Å²) < 4.78 is 0. The molecule has 2 aromatic rings. The van der Waals surface area contributed by atoms with E-state index in [1.54, 1.807) is 18.3 Å². The molecule has 6 nitrogen and oxygen atoms in total. The predicted octanol–water partition coefficient (Wildman–Crippen LogP) is 0.951. The highest BCUT2D eigenvalue weighted by Crippen LogP contribution is 2.23. The second-order valence-electron chi connectivity index (χ2n) is 4.18. The maximum Gasteiger partial charge on any atom is 0.241 e. The topological polar surface area (TPSA) is 111 Å². The standard InChI is InChI=1S/C13H14N4O2S/c14-10(7-11(15)18)12(19)17-9-3-1-8(2-4-9)13-16-5-6-20-13/h1-6,10H,7,14H2,(H2,15,18)(H,17,19). The molecule has 20 heavy (non-hydrogen) atoms. The third-order valence-corrected chi connectivity index (χ3v) is 3.41. The van der Waals surface area contributed by atoms with E-state index in [2.05, 4.69) is 10.3 Å². The zero-order valence-corrected chi connectivity index (χ0v) is 11.4. The molecule has 0 saturated carbocycles. The van der Waals surface area contributed by atoms with Gasteiger partial charge in [0.25, 0.3) is 0 Å². The normalized spacial score (nSPS) is 11.8. The van der Waals surface area contributed by atoms with E-state index in [9.17, 15) is 9.59 Å². The smallest absolute Gasteiger partial charge is 0.241 e. The van der Waals surface area contributed by atoms with E-state index >= 15 is 0 Å². The molecule has 0 aliphatic heterocycles. The lowest BCUT2D eigenvalue weighted by atomic mass is 10.2. The molecular formula is C13H14N4O2S. The van der Waals surface area contributed by atoms with Gasteiger partial charge >= 0.3 is 0 Å². The van der Waals surface area contributed by atoms with Crippen molar-refractivity contribution in [3.63, 3.8) is 0 Å². The van der Waals surface area contributed by atoms with Crippen LogP contribution in [0.5, 0.6) is 0 Å². The van der Waals surface area contributed by atoms with Crippen molar-refractivity contribution in [1.29, 1.82) is 0 Å². The number of hydrogen-bond acceptors (Lipinski definition) is 5. The first-order valence-corrected chi connectivity index (χ1v) is 6.79. The molecular weight excluding hydrogens is 276 g/mol. The molecule has 5 N–H and O–H groups in total. The zero-order valence-electron chi connectivity index (χ0n) is 10.6. The van der Waals surface area contributed by atoms with E-state index in [-0.39, 0.29) is 6.42 Å². The van der Waals surface area contributed by atoms with Crippen molar-refractivity contribution in [2.24, 2.45) is 11.5 Å². The van der Waals surface area contributed by atoms with Crippen LogP contribution in [-0.4, -0.2) is 22.8 Å². The third kappa shape index (κ3) is 3.62. The molecule has 0 aliphatic rings. The molecule has 7 heteroatoms. The number of nitrogens with two attached hydrogens (primary N) is 2. The average Bonchev–Trinajstić information content (AvgIpc) is 2.92. The van der Waals surface area contributed by atoms with Gasteiger partial charge in [0.1, 0.15) is 5.01 Å². The molecule has 0 fully saturated rings. The van der Waals surface area contributed by atoms with Gasteiger partial charge in [0.05, 0.1) is 12.5 Å². The summed E-state index contributed by atoms with van der Waals surface area (Å²) in [6.45, 7) is 0. The summed E-state index contributed by atoms with van der Waals surface area (Å²) in [5.74, 6) is -1.04. The summed E-state index contributed by atoms with van der Waals surface area (Å²) in [6.07, 6.45) is 1.56. The van der Waals surface area contributed by atoms with E-state index in [4.69, 9.17) is 11.5 Å². The second kappa shape index (κ2) is 6.27. The number of rotatable bonds is 5. The number of carbonyl (C=O) groups is 2. The molecule has 0 radical (unpaired) electrons. The van der Waals surface area contributed by atoms with Crippen molar-refractivity contribution < 1.29 is 9.59 Å². The van der Waals surface area contributed by atoms with Crippen LogP contribution in [0.4, 0.5) is 5.69 Å². The van der Waals surface area contributed by atoms with Gasteiger partial charge in [0.2, 0.25) is 11.8 Å². The molecule has 2 amide bonds. The maximum atomic E-state index is 11.7. The molecule has 0 saturated heterocycles. The first-order valence-electron chi connectivity index (χ1n) is 5.91. The van der Waals surface area contributed by atoms with Gasteiger partial charge < -0.3 is 16.8 Å². The number of anilines is 1. The number of primary amides is 1. The van der Waals surface area contributed by atoms with Crippen molar-refractivity contribution in [1.82, 2.24) is 4.98 Å². The Bertz CT molecular complexity index is 595. The number of nitrogens with one attached hydrogen (secondary N) is 1. The first kappa shape index (κ1) is 14.2. The minimum Gasteiger partial charge on any atom is -0.370 e. The van der Waals surface area contributed by atoms with Gasteiger partial charge in [-0.05, 0) is 24.3 Å². The van der Waals surface area contributed by atoms with E-state index in [1.165, 1.54) is 11.3 Å². The summed E-state index contributed by atoms with van der Waals surface area (Å²) >= 11 is 1.54. The molecule has 1 atom stereocenters. The molecule has 0 spiro atoms. The van der Waals surface area contributed by atoms with Crippen LogP contribution in [-0.2, 0) is 9.59 Å². The summed E-state index contributed by atoms with van der Waals surface area (Å²) in [4.78, 5) is 26.6. The summed E-state index contributed by atoms with van der Waals surface area (Å²) in [7, 11) is 0. The molecule has 104 valence electrons. The Balaban J connectivity index is 2.00. The Morgan fingerprint density at radius 2 is 2.00 bits per heavy atom. The minimum absolute atomic E-state index is 0.178. The van der Waals surface area contributed by atoms with Gasteiger partial charge in [0, 0.05) is 22.8 Å². The van der Waals surface area contributed by atoms with Gasteiger partial charge in [0.15, 0.2) is 0 Å². The van der Waals surface area contributed by atoms with Gasteiger partial charge in [-0.25, -0.2) is 4.98 Å². The van der Waals surface area contributed by atoms with Crippen LogP contribution >= 0.6 is 11.3 Å². The second-order valence-corrected chi connectivity index (χ2v) is 5.08. The summed E-state index contributed by atoms with van der Waals surface area (Å²) in [5.41, 5.74) is 12.1. The molecule has 0 aliphatic carbocycles. The fourth-order valence-corrected chi connectivity index (χ4v) is 2.25. The van der Waals surface area contributed by atoms with E-state index < -0.39 is 17.9 Å². The lowest BCUT2D eigenvalue weighted by Gasteiger charge is -2.10. The Morgan fingerprint density at radius 3 is 2.55 bits per heavy atom. The molecule has 1 aromatic heterocycles. The van der Waals surface area contributed by atoms with Crippen molar-refractivity contribution in [2.45, 2.75) is 12.5 Å². The van der Waals surface area contributed by atoms with Gasteiger partial charge in [-0.3, -0.25) is 9.59 Å². The number of benzene rings is 1. The van der Waals surface area contributed by atoms with Crippen LogP contribution in [0, 0.1) is 0 Å². The monoisotopic (exact) mass is 290 g/mol. The number of carbonyl (C=O) groups excluding carboxylic acids is 2. The highest BCUT2D eigenvalue weighted by Gasteiger charge is 2.15. The minimum atomic E-state index is -0.939. The van der Waals surface area contributed by atoms with Crippen LogP contribution < -0.4 is 16.8 Å².